The maximum atomic E-state index is 2.32. The smallest absolute Gasteiger partial charge is 0.0155 e. The first kappa shape index (κ1) is 21.0. The van der Waals surface area contributed by atoms with Crippen LogP contribution >= 0.6 is 0 Å². The van der Waals surface area contributed by atoms with Gasteiger partial charge in [0, 0.05) is 0 Å². The third-order valence-corrected chi connectivity index (χ3v) is 6.38. The molecule has 0 saturated heterocycles. The Bertz CT molecular complexity index is 1330. The second kappa shape index (κ2) is 8.92. The highest BCUT2D eigenvalue weighted by molar-refractivity contribution is 5.80. The zero-order chi connectivity index (χ0) is 22.8. The van der Waals surface area contributed by atoms with Crippen LogP contribution in [-0.4, -0.2) is 0 Å². The first-order valence-electron chi connectivity index (χ1n) is 11.5. The molecule has 0 aliphatic rings. The van der Waals surface area contributed by atoms with E-state index >= 15 is 0 Å². The van der Waals surface area contributed by atoms with Crippen molar-refractivity contribution in [3.63, 3.8) is 0 Å². The lowest BCUT2D eigenvalue weighted by Gasteiger charge is -2.12. The molecule has 0 heterocycles. The van der Waals surface area contributed by atoms with Crippen LogP contribution in [-0.2, 0) is 0 Å². The van der Waals surface area contributed by atoms with Crippen LogP contribution in [0.3, 0.4) is 0 Å². The van der Waals surface area contributed by atoms with Crippen LogP contribution in [0.2, 0.25) is 0 Å². The molecule has 0 aliphatic carbocycles. The molecule has 0 spiro atoms. The summed E-state index contributed by atoms with van der Waals surface area (Å²) in [5, 5.41) is 0. The average Bonchev–Trinajstić information content (AvgIpc) is 2.84. The van der Waals surface area contributed by atoms with Crippen molar-refractivity contribution < 1.29 is 0 Å². The molecule has 5 rings (SSSR count). The zero-order valence-electron chi connectivity index (χ0n) is 19.5. The molecule has 0 nitrogen and oxygen atoms in total. The highest BCUT2D eigenvalue weighted by atomic mass is 14.1. The summed E-state index contributed by atoms with van der Waals surface area (Å²) in [5.74, 6) is 0. The predicted octanol–water partition coefficient (Wildman–Crippen LogP) is 9.28. The van der Waals surface area contributed by atoms with Crippen LogP contribution in [0, 0.1) is 20.8 Å². The van der Waals surface area contributed by atoms with Crippen molar-refractivity contribution in [3.8, 4) is 44.5 Å². The fourth-order valence-electron chi connectivity index (χ4n) is 4.64. The minimum atomic E-state index is 1.25. The van der Waals surface area contributed by atoms with Gasteiger partial charge in [-0.25, -0.2) is 0 Å². The standard InChI is InChI=1S/C33H28/c1-23-18-30(26-12-8-14-28(20-26)32-16-6-4-10-24(32)2)22-31(19-23)27-13-9-15-29(21-27)33-17-7-5-11-25(33)3/h4-22H,1-3H3. The van der Waals surface area contributed by atoms with Crippen molar-refractivity contribution in [2.24, 2.45) is 0 Å². The molecule has 0 amide bonds. The van der Waals surface area contributed by atoms with Crippen molar-refractivity contribution >= 4 is 0 Å². The van der Waals surface area contributed by atoms with E-state index < -0.39 is 0 Å². The SMILES string of the molecule is Cc1cc(-c2cccc(-c3ccccc3C)c2)cc(-c2cccc(-c3ccccc3C)c2)c1. The summed E-state index contributed by atoms with van der Waals surface area (Å²) in [5.41, 5.74) is 14.0. The Morgan fingerprint density at radius 3 is 1.18 bits per heavy atom. The Balaban J connectivity index is 1.57. The van der Waals surface area contributed by atoms with E-state index in [1.165, 1.54) is 61.2 Å². The predicted molar refractivity (Wildman–Crippen MR) is 142 cm³/mol. The van der Waals surface area contributed by atoms with E-state index in [9.17, 15) is 0 Å². The number of aryl methyl sites for hydroxylation is 3. The normalized spacial score (nSPS) is 10.9. The molecule has 0 heteroatoms. The van der Waals surface area contributed by atoms with Gasteiger partial charge in [0.2, 0.25) is 0 Å². The Kier molecular flexibility index (Phi) is 5.67. The monoisotopic (exact) mass is 424 g/mol. The maximum absolute atomic E-state index is 2.32. The van der Waals surface area contributed by atoms with Gasteiger partial charge in [0.05, 0.1) is 0 Å². The van der Waals surface area contributed by atoms with Gasteiger partial charge in [0.1, 0.15) is 0 Å². The van der Waals surface area contributed by atoms with Crippen LogP contribution < -0.4 is 0 Å². The molecule has 0 fully saturated rings. The molecule has 0 aliphatic heterocycles. The van der Waals surface area contributed by atoms with Gasteiger partial charge in [-0.15, -0.1) is 0 Å². The summed E-state index contributed by atoms with van der Waals surface area (Å²) in [7, 11) is 0. The summed E-state index contributed by atoms with van der Waals surface area (Å²) < 4.78 is 0. The fourth-order valence-corrected chi connectivity index (χ4v) is 4.64. The lowest BCUT2D eigenvalue weighted by molar-refractivity contribution is 1.44. The lowest BCUT2D eigenvalue weighted by Crippen LogP contribution is -1.88. The number of hydrogen-bond donors (Lipinski definition) is 0. The molecule has 33 heavy (non-hydrogen) atoms. The molecular weight excluding hydrogens is 396 g/mol. The van der Waals surface area contributed by atoms with E-state index in [1.54, 1.807) is 0 Å². The average molecular weight is 425 g/mol. The van der Waals surface area contributed by atoms with Crippen molar-refractivity contribution in [3.05, 3.63) is 132 Å². The van der Waals surface area contributed by atoms with Gasteiger partial charge in [0.15, 0.2) is 0 Å². The fraction of sp³-hybridized carbons (Fsp3) is 0.0909. The highest BCUT2D eigenvalue weighted by Crippen LogP contribution is 2.33. The molecule has 0 atom stereocenters. The van der Waals surface area contributed by atoms with Gasteiger partial charge >= 0.3 is 0 Å². The molecule has 0 N–H and O–H groups in total. The van der Waals surface area contributed by atoms with Gasteiger partial charge in [-0.1, -0.05) is 97.1 Å². The first-order chi connectivity index (χ1) is 16.1. The summed E-state index contributed by atoms with van der Waals surface area (Å²) in [6.07, 6.45) is 0. The van der Waals surface area contributed by atoms with E-state index in [-0.39, 0.29) is 0 Å². The van der Waals surface area contributed by atoms with E-state index in [1.807, 2.05) is 0 Å². The van der Waals surface area contributed by atoms with Crippen molar-refractivity contribution in [1.82, 2.24) is 0 Å². The van der Waals surface area contributed by atoms with Crippen LogP contribution in [0.25, 0.3) is 44.5 Å². The van der Waals surface area contributed by atoms with Crippen molar-refractivity contribution in [2.75, 3.05) is 0 Å². The molecule has 5 aromatic rings. The van der Waals surface area contributed by atoms with E-state index in [4.69, 9.17) is 0 Å². The lowest BCUT2D eigenvalue weighted by atomic mass is 9.92. The van der Waals surface area contributed by atoms with E-state index in [2.05, 4.69) is 136 Å². The van der Waals surface area contributed by atoms with Gasteiger partial charge in [-0.2, -0.15) is 0 Å². The molecule has 0 aromatic heterocycles. The second-order valence-electron chi connectivity index (χ2n) is 8.88. The van der Waals surface area contributed by atoms with Crippen molar-refractivity contribution in [1.29, 1.82) is 0 Å². The Morgan fingerprint density at radius 2 is 0.727 bits per heavy atom. The van der Waals surface area contributed by atoms with Crippen LogP contribution in [0.4, 0.5) is 0 Å². The van der Waals surface area contributed by atoms with Crippen LogP contribution in [0.5, 0.6) is 0 Å². The quantitative estimate of drug-likeness (QED) is 0.270. The molecule has 0 saturated carbocycles. The molecule has 160 valence electrons. The van der Waals surface area contributed by atoms with E-state index in [0.717, 1.165) is 0 Å². The van der Waals surface area contributed by atoms with Gasteiger partial charge < -0.3 is 0 Å². The molecule has 0 bridgehead atoms. The molecular formula is C33H28. The number of hydrogen-bond acceptors (Lipinski definition) is 0. The second-order valence-corrected chi connectivity index (χ2v) is 8.88. The number of benzene rings is 5. The molecule has 0 unspecified atom stereocenters. The zero-order valence-corrected chi connectivity index (χ0v) is 19.5. The molecule has 5 aromatic carbocycles. The Hall–Kier alpha value is -3.90. The maximum Gasteiger partial charge on any atom is -0.0155 e. The summed E-state index contributed by atoms with van der Waals surface area (Å²) in [6, 6.07) is 41.8. The summed E-state index contributed by atoms with van der Waals surface area (Å²) >= 11 is 0. The molecule has 0 radical (unpaired) electrons. The highest BCUT2D eigenvalue weighted by Gasteiger charge is 2.08. The number of rotatable bonds is 4. The Labute approximate surface area is 197 Å². The third kappa shape index (κ3) is 4.38. The topological polar surface area (TPSA) is 0 Å². The minimum Gasteiger partial charge on any atom is -0.0620 e. The van der Waals surface area contributed by atoms with Gasteiger partial charge in [0.25, 0.3) is 0 Å². The largest absolute Gasteiger partial charge is 0.0620 e. The minimum absolute atomic E-state index is 1.25. The third-order valence-electron chi connectivity index (χ3n) is 6.38. The van der Waals surface area contributed by atoms with Crippen LogP contribution in [0.15, 0.2) is 115 Å². The Morgan fingerprint density at radius 1 is 0.333 bits per heavy atom. The summed E-state index contributed by atoms with van der Waals surface area (Å²) in [6.45, 7) is 6.53. The van der Waals surface area contributed by atoms with E-state index in [0.29, 0.717) is 0 Å². The van der Waals surface area contributed by atoms with Crippen LogP contribution in [0.1, 0.15) is 16.7 Å². The van der Waals surface area contributed by atoms with Gasteiger partial charge in [-0.05, 0) is 100 Å². The van der Waals surface area contributed by atoms with Gasteiger partial charge in [-0.3, -0.25) is 0 Å². The first-order valence-corrected chi connectivity index (χ1v) is 11.5. The van der Waals surface area contributed by atoms with Crippen molar-refractivity contribution in [2.45, 2.75) is 20.8 Å². The summed E-state index contributed by atoms with van der Waals surface area (Å²) in [4.78, 5) is 0.